The van der Waals surface area contributed by atoms with Gasteiger partial charge in [-0.3, -0.25) is 9.59 Å². The first-order valence-corrected chi connectivity index (χ1v) is 15.4. The summed E-state index contributed by atoms with van der Waals surface area (Å²) in [5.74, 6) is 0.130. The van der Waals surface area contributed by atoms with E-state index in [-0.39, 0.29) is 34.9 Å². The van der Waals surface area contributed by atoms with Crippen LogP contribution in [-0.2, 0) is 21.1 Å². The summed E-state index contributed by atoms with van der Waals surface area (Å²) in [6.45, 7) is 1.60. The van der Waals surface area contributed by atoms with Crippen LogP contribution in [0.5, 0.6) is 0 Å². The van der Waals surface area contributed by atoms with E-state index >= 15 is 0 Å². The van der Waals surface area contributed by atoms with Gasteiger partial charge in [-0.2, -0.15) is 0 Å². The maximum Gasteiger partial charge on any atom is 0.254 e. The predicted molar refractivity (Wildman–Crippen MR) is 156 cm³/mol. The Kier molecular flexibility index (Phi) is 9.46. The number of rotatable bonds is 9. The van der Waals surface area contributed by atoms with Crippen molar-refractivity contribution in [2.45, 2.75) is 56.4 Å². The molecule has 0 spiro atoms. The fourth-order valence-corrected chi connectivity index (χ4v) is 6.33. The number of hydrogen-bond donors (Lipinski definition) is 1. The van der Waals surface area contributed by atoms with Gasteiger partial charge in [0.15, 0.2) is 9.84 Å². The minimum atomic E-state index is -3.28. The van der Waals surface area contributed by atoms with Crippen molar-refractivity contribution < 1.29 is 18.0 Å². The van der Waals surface area contributed by atoms with Gasteiger partial charge in [-0.05, 0) is 78.4 Å². The third kappa shape index (κ3) is 7.28. The Morgan fingerprint density at radius 2 is 1.54 bits per heavy atom. The van der Waals surface area contributed by atoms with E-state index in [4.69, 9.17) is 11.6 Å². The molecule has 2 amide bonds. The summed E-state index contributed by atoms with van der Waals surface area (Å²) in [4.78, 5) is 28.2. The largest absolute Gasteiger partial charge is 0.334 e. The quantitative estimate of drug-likeness (QED) is 0.312. The topological polar surface area (TPSA) is 83.5 Å². The molecule has 1 fully saturated rings. The number of sulfone groups is 1. The molecule has 4 rings (SSSR count). The SMILES string of the molecule is CCS(=O)(=O)c1ccc(CC(=O)Nc2ccc(C(=O)N(C)[C@@H](c3ccc(Cl)cc3)C3CCCCC3)cc2)cc1. The monoisotopic (exact) mass is 566 g/mol. The van der Waals surface area contributed by atoms with E-state index in [0.29, 0.717) is 27.8 Å². The molecule has 1 aliphatic carbocycles. The first-order valence-electron chi connectivity index (χ1n) is 13.4. The molecule has 3 aromatic carbocycles. The third-order valence-electron chi connectivity index (χ3n) is 7.49. The van der Waals surface area contributed by atoms with Crippen molar-refractivity contribution in [1.29, 1.82) is 0 Å². The molecule has 3 aromatic rings. The zero-order chi connectivity index (χ0) is 28.0. The van der Waals surface area contributed by atoms with Gasteiger partial charge in [-0.1, -0.05) is 62.1 Å². The number of nitrogens with one attached hydrogen (secondary N) is 1. The molecule has 6 nitrogen and oxygen atoms in total. The summed E-state index contributed by atoms with van der Waals surface area (Å²) in [5.41, 5.74) is 2.95. The lowest BCUT2D eigenvalue weighted by Crippen LogP contribution is -2.36. The van der Waals surface area contributed by atoms with Gasteiger partial charge in [-0.25, -0.2) is 8.42 Å². The zero-order valence-electron chi connectivity index (χ0n) is 22.4. The minimum absolute atomic E-state index is 0.0312. The van der Waals surface area contributed by atoms with Crippen molar-refractivity contribution in [3.05, 3.63) is 94.5 Å². The summed E-state index contributed by atoms with van der Waals surface area (Å²) in [5, 5.41) is 3.53. The summed E-state index contributed by atoms with van der Waals surface area (Å²) < 4.78 is 24.0. The predicted octanol–water partition coefficient (Wildman–Crippen LogP) is 6.71. The lowest BCUT2D eigenvalue weighted by molar-refractivity contribution is -0.115. The van der Waals surface area contributed by atoms with Crippen LogP contribution in [0.4, 0.5) is 5.69 Å². The Labute approximate surface area is 236 Å². The van der Waals surface area contributed by atoms with E-state index in [1.165, 1.54) is 31.4 Å². The van der Waals surface area contributed by atoms with Gasteiger partial charge < -0.3 is 10.2 Å². The lowest BCUT2D eigenvalue weighted by Gasteiger charge is -2.37. The number of anilines is 1. The highest BCUT2D eigenvalue weighted by atomic mass is 35.5. The molecule has 0 unspecified atom stereocenters. The van der Waals surface area contributed by atoms with Gasteiger partial charge in [0.1, 0.15) is 0 Å². The highest BCUT2D eigenvalue weighted by Gasteiger charge is 2.31. The maximum absolute atomic E-state index is 13.5. The van der Waals surface area contributed by atoms with E-state index in [9.17, 15) is 18.0 Å². The van der Waals surface area contributed by atoms with Crippen LogP contribution in [0.15, 0.2) is 77.7 Å². The van der Waals surface area contributed by atoms with Crippen LogP contribution in [0.2, 0.25) is 5.02 Å². The number of nitrogens with zero attached hydrogens (tertiary/aromatic N) is 1. The number of carbonyl (C=O) groups excluding carboxylic acids is 2. The van der Waals surface area contributed by atoms with Crippen molar-refractivity contribution in [2.75, 3.05) is 18.1 Å². The maximum atomic E-state index is 13.5. The summed E-state index contributed by atoms with van der Waals surface area (Å²) in [6, 6.07) is 21.1. The van der Waals surface area contributed by atoms with Crippen LogP contribution in [0.1, 0.15) is 66.6 Å². The van der Waals surface area contributed by atoms with Crippen LogP contribution in [0.3, 0.4) is 0 Å². The summed E-state index contributed by atoms with van der Waals surface area (Å²) >= 11 is 6.13. The molecule has 8 heteroatoms. The molecule has 1 aliphatic rings. The van der Waals surface area contributed by atoms with Crippen LogP contribution in [0, 0.1) is 5.92 Å². The highest BCUT2D eigenvalue weighted by Crippen LogP contribution is 2.38. The first kappa shape index (κ1) is 28.8. The molecule has 0 radical (unpaired) electrons. The van der Waals surface area contributed by atoms with Gasteiger partial charge in [0.25, 0.3) is 5.91 Å². The second-order valence-corrected chi connectivity index (χ2v) is 12.9. The normalized spacial score (nSPS) is 14.9. The number of hydrogen-bond acceptors (Lipinski definition) is 4. The fraction of sp³-hybridized carbons (Fsp3) is 0.355. The molecule has 0 aromatic heterocycles. The lowest BCUT2D eigenvalue weighted by atomic mass is 9.80. The van der Waals surface area contributed by atoms with Crippen molar-refractivity contribution in [2.24, 2.45) is 5.92 Å². The zero-order valence-corrected chi connectivity index (χ0v) is 24.0. The fourth-order valence-electron chi connectivity index (χ4n) is 5.32. The van der Waals surface area contributed by atoms with Crippen LogP contribution < -0.4 is 5.32 Å². The molecule has 1 N–H and O–H groups in total. The first-order chi connectivity index (χ1) is 18.7. The van der Waals surface area contributed by atoms with E-state index in [1.807, 2.05) is 36.2 Å². The smallest absolute Gasteiger partial charge is 0.254 e. The van der Waals surface area contributed by atoms with Crippen molar-refractivity contribution in [3.63, 3.8) is 0 Å². The highest BCUT2D eigenvalue weighted by molar-refractivity contribution is 7.91. The Balaban J connectivity index is 1.42. The summed E-state index contributed by atoms with van der Waals surface area (Å²) in [6.07, 6.45) is 5.88. The number of benzene rings is 3. The van der Waals surface area contributed by atoms with Gasteiger partial charge in [-0.15, -0.1) is 0 Å². The molecule has 39 heavy (non-hydrogen) atoms. The standard InChI is InChI=1S/C31H35ClN2O4S/c1-3-39(37,38)28-19-9-22(10-20-28)21-29(35)33-27-17-13-25(14-18-27)31(36)34(2)30(23-7-5-4-6-8-23)24-11-15-26(32)16-12-24/h9-20,23,30H,3-8,21H2,1-2H3,(H,33,35)/t30-/m1/s1. The van der Waals surface area contributed by atoms with E-state index in [1.54, 1.807) is 43.3 Å². The number of carbonyl (C=O) groups is 2. The van der Waals surface area contributed by atoms with Gasteiger partial charge in [0, 0.05) is 23.3 Å². The second-order valence-electron chi connectivity index (χ2n) is 10.2. The molecule has 1 atom stereocenters. The molecular formula is C31H35ClN2O4S. The van der Waals surface area contributed by atoms with E-state index < -0.39 is 9.84 Å². The van der Waals surface area contributed by atoms with Crippen LogP contribution in [-0.4, -0.2) is 37.9 Å². The summed E-state index contributed by atoms with van der Waals surface area (Å²) in [7, 11) is -1.41. The van der Waals surface area contributed by atoms with Crippen molar-refractivity contribution in [3.8, 4) is 0 Å². The van der Waals surface area contributed by atoms with Crippen molar-refractivity contribution >= 4 is 38.9 Å². The van der Waals surface area contributed by atoms with Gasteiger partial charge in [0.05, 0.1) is 23.1 Å². The van der Waals surface area contributed by atoms with Gasteiger partial charge >= 0.3 is 0 Å². The number of halogens is 1. The Bertz CT molecular complexity index is 1380. The average Bonchev–Trinajstić information content (AvgIpc) is 2.95. The molecule has 0 bridgehead atoms. The Morgan fingerprint density at radius 1 is 0.923 bits per heavy atom. The molecule has 0 heterocycles. The van der Waals surface area contributed by atoms with E-state index in [0.717, 1.165) is 18.4 Å². The molecular weight excluding hydrogens is 532 g/mol. The molecule has 0 saturated heterocycles. The Morgan fingerprint density at radius 3 is 2.13 bits per heavy atom. The third-order valence-corrected chi connectivity index (χ3v) is 9.49. The molecule has 0 aliphatic heterocycles. The molecule has 206 valence electrons. The van der Waals surface area contributed by atoms with Crippen molar-refractivity contribution in [1.82, 2.24) is 4.90 Å². The van der Waals surface area contributed by atoms with Gasteiger partial charge in [0.2, 0.25) is 5.91 Å². The van der Waals surface area contributed by atoms with E-state index in [2.05, 4.69) is 5.32 Å². The number of amides is 2. The Hall–Kier alpha value is -3.16. The minimum Gasteiger partial charge on any atom is -0.334 e. The van der Waals surface area contributed by atoms with Crippen LogP contribution in [0.25, 0.3) is 0 Å². The second kappa shape index (κ2) is 12.8. The van der Waals surface area contributed by atoms with Crippen LogP contribution >= 0.6 is 11.6 Å². The molecule has 1 saturated carbocycles. The average molecular weight is 567 g/mol.